The highest BCUT2D eigenvalue weighted by molar-refractivity contribution is 6.04. The summed E-state index contributed by atoms with van der Waals surface area (Å²) in [7, 11) is 0. The number of benzene rings is 1. The first-order valence-electron chi connectivity index (χ1n) is 9.74. The summed E-state index contributed by atoms with van der Waals surface area (Å²) in [4.78, 5) is 40.2. The maximum absolute atomic E-state index is 12.5. The lowest BCUT2D eigenvalue weighted by molar-refractivity contribution is -0.117. The van der Waals surface area contributed by atoms with E-state index in [1.807, 2.05) is 0 Å². The Bertz CT molecular complexity index is 1140. The van der Waals surface area contributed by atoms with E-state index in [-0.39, 0.29) is 30.0 Å². The van der Waals surface area contributed by atoms with Gasteiger partial charge in [-0.05, 0) is 55.0 Å². The topological polar surface area (TPSA) is 129 Å². The minimum atomic E-state index is -0.363. The largest absolute Gasteiger partial charge is 0.352 e. The van der Waals surface area contributed by atoms with Crippen LogP contribution in [0.15, 0.2) is 79.5 Å². The highest BCUT2D eigenvalue weighted by Crippen LogP contribution is 2.17. The molecule has 3 aromatic rings. The SMILES string of the molecule is C=CC(=O)NCCC(=C)C(=O)Nc1ccc(NC(=O)c2cccc(-c3ccn[nH]3)n2)cc1. The predicted molar refractivity (Wildman–Crippen MR) is 122 cm³/mol. The van der Waals surface area contributed by atoms with E-state index < -0.39 is 0 Å². The number of hydrogen-bond donors (Lipinski definition) is 4. The van der Waals surface area contributed by atoms with E-state index in [4.69, 9.17) is 0 Å². The molecule has 4 N–H and O–H groups in total. The number of H-pyrrole nitrogens is 1. The lowest BCUT2D eigenvalue weighted by Gasteiger charge is -2.10. The van der Waals surface area contributed by atoms with Crippen LogP contribution < -0.4 is 16.0 Å². The van der Waals surface area contributed by atoms with Gasteiger partial charge in [-0.3, -0.25) is 19.5 Å². The first-order valence-corrected chi connectivity index (χ1v) is 9.74. The van der Waals surface area contributed by atoms with Crippen LogP contribution in [0.2, 0.25) is 0 Å². The third-order valence-electron chi connectivity index (χ3n) is 4.39. The van der Waals surface area contributed by atoms with Gasteiger partial charge in [0.15, 0.2) is 0 Å². The Balaban J connectivity index is 1.54. The summed E-state index contributed by atoms with van der Waals surface area (Å²) in [6.45, 7) is 7.38. The van der Waals surface area contributed by atoms with E-state index in [9.17, 15) is 14.4 Å². The van der Waals surface area contributed by atoms with Crippen LogP contribution in [0.3, 0.4) is 0 Å². The van der Waals surface area contributed by atoms with Gasteiger partial charge in [-0.15, -0.1) is 0 Å². The fourth-order valence-electron chi connectivity index (χ4n) is 2.68. The second-order valence-corrected chi connectivity index (χ2v) is 6.71. The molecule has 0 spiro atoms. The first-order chi connectivity index (χ1) is 15.5. The standard InChI is InChI=1S/C23H22N6O3/c1-3-21(30)24-13-11-15(2)22(31)26-16-7-9-17(10-8-16)27-23(32)20-6-4-5-18(28-20)19-12-14-25-29-19/h3-10,12,14H,1-2,11,13H2,(H,24,30)(H,25,29)(H,26,31)(H,27,32). The van der Waals surface area contributed by atoms with E-state index in [0.29, 0.717) is 34.8 Å². The fourth-order valence-corrected chi connectivity index (χ4v) is 2.68. The van der Waals surface area contributed by atoms with Crippen LogP contribution in [0, 0.1) is 0 Å². The molecule has 3 rings (SSSR count). The maximum atomic E-state index is 12.5. The molecule has 0 fully saturated rings. The Morgan fingerprint density at radius 1 is 1.00 bits per heavy atom. The molecular weight excluding hydrogens is 408 g/mol. The molecule has 162 valence electrons. The van der Waals surface area contributed by atoms with Crippen molar-refractivity contribution < 1.29 is 14.4 Å². The molecule has 0 atom stereocenters. The van der Waals surface area contributed by atoms with Crippen LogP contribution in [0.1, 0.15) is 16.9 Å². The molecule has 0 aliphatic heterocycles. The van der Waals surface area contributed by atoms with Crippen molar-refractivity contribution in [3.63, 3.8) is 0 Å². The van der Waals surface area contributed by atoms with Gasteiger partial charge in [0.05, 0.1) is 11.4 Å². The predicted octanol–water partition coefficient (Wildman–Crippen LogP) is 2.91. The number of amides is 3. The van der Waals surface area contributed by atoms with E-state index in [1.165, 1.54) is 0 Å². The highest BCUT2D eigenvalue weighted by atomic mass is 16.2. The monoisotopic (exact) mass is 430 g/mol. The fraction of sp³-hybridized carbons (Fsp3) is 0.0870. The first kappa shape index (κ1) is 22.2. The zero-order valence-electron chi connectivity index (χ0n) is 17.2. The number of nitrogens with one attached hydrogen (secondary N) is 4. The molecule has 1 aromatic carbocycles. The van der Waals surface area contributed by atoms with E-state index in [1.54, 1.807) is 54.7 Å². The summed E-state index contributed by atoms with van der Waals surface area (Å²) >= 11 is 0. The molecule has 0 radical (unpaired) electrons. The van der Waals surface area contributed by atoms with Crippen molar-refractivity contribution in [3.8, 4) is 11.4 Å². The van der Waals surface area contributed by atoms with Gasteiger partial charge in [0.25, 0.3) is 11.8 Å². The second-order valence-electron chi connectivity index (χ2n) is 6.71. The Hall–Kier alpha value is -4.53. The molecule has 9 heteroatoms. The van der Waals surface area contributed by atoms with Gasteiger partial charge in [0.1, 0.15) is 5.69 Å². The number of carbonyl (C=O) groups excluding carboxylic acids is 3. The zero-order chi connectivity index (χ0) is 22.9. The second kappa shape index (κ2) is 10.5. The third kappa shape index (κ3) is 5.99. The number of hydrogen-bond acceptors (Lipinski definition) is 5. The summed E-state index contributed by atoms with van der Waals surface area (Å²) in [5.41, 5.74) is 3.00. The van der Waals surface area contributed by atoms with Crippen LogP contribution in [0.4, 0.5) is 11.4 Å². The lowest BCUT2D eigenvalue weighted by Crippen LogP contribution is -2.24. The summed E-state index contributed by atoms with van der Waals surface area (Å²) in [6, 6.07) is 13.6. The van der Waals surface area contributed by atoms with Gasteiger partial charge in [-0.2, -0.15) is 5.10 Å². The van der Waals surface area contributed by atoms with Gasteiger partial charge >= 0.3 is 0 Å². The quantitative estimate of drug-likeness (QED) is 0.388. The van der Waals surface area contributed by atoms with Gasteiger partial charge in [-0.1, -0.05) is 19.2 Å². The minimum absolute atomic E-state index is 0.259. The number of aromatic amines is 1. The molecule has 2 heterocycles. The van der Waals surface area contributed by atoms with Gasteiger partial charge < -0.3 is 16.0 Å². The molecule has 0 saturated heterocycles. The summed E-state index contributed by atoms with van der Waals surface area (Å²) in [5.74, 6) is -1.02. The van der Waals surface area contributed by atoms with E-state index >= 15 is 0 Å². The van der Waals surface area contributed by atoms with Crippen LogP contribution in [-0.4, -0.2) is 39.4 Å². The molecule has 2 aromatic heterocycles. The zero-order valence-corrected chi connectivity index (χ0v) is 17.2. The van der Waals surface area contributed by atoms with Gasteiger partial charge in [0, 0.05) is 29.7 Å². The number of aromatic nitrogens is 3. The molecule has 0 bridgehead atoms. The van der Waals surface area contributed by atoms with Gasteiger partial charge in [0.2, 0.25) is 5.91 Å². The van der Waals surface area contributed by atoms with Crippen LogP contribution in [0.25, 0.3) is 11.4 Å². The molecule has 0 unspecified atom stereocenters. The molecule has 0 aliphatic rings. The van der Waals surface area contributed by atoms with Crippen LogP contribution in [-0.2, 0) is 9.59 Å². The highest BCUT2D eigenvalue weighted by Gasteiger charge is 2.11. The molecular formula is C23H22N6O3. The number of anilines is 2. The Morgan fingerprint density at radius 3 is 2.38 bits per heavy atom. The maximum Gasteiger partial charge on any atom is 0.274 e. The molecule has 0 saturated carbocycles. The normalized spacial score (nSPS) is 10.1. The van der Waals surface area contributed by atoms with Crippen molar-refractivity contribution in [1.29, 1.82) is 0 Å². The number of carbonyl (C=O) groups is 3. The van der Waals surface area contributed by atoms with Crippen LogP contribution in [0.5, 0.6) is 0 Å². The number of nitrogens with zero attached hydrogens (tertiary/aromatic N) is 2. The molecule has 32 heavy (non-hydrogen) atoms. The molecule has 0 aliphatic carbocycles. The number of rotatable bonds is 9. The van der Waals surface area contributed by atoms with Crippen molar-refractivity contribution >= 4 is 29.1 Å². The summed E-state index contributed by atoms with van der Waals surface area (Å²) < 4.78 is 0. The Kier molecular flexibility index (Phi) is 7.26. The summed E-state index contributed by atoms with van der Waals surface area (Å²) in [6.07, 6.45) is 3.08. The molecule has 3 amide bonds. The minimum Gasteiger partial charge on any atom is -0.352 e. The van der Waals surface area contributed by atoms with Crippen molar-refractivity contribution in [2.75, 3.05) is 17.2 Å². The third-order valence-corrected chi connectivity index (χ3v) is 4.39. The smallest absolute Gasteiger partial charge is 0.274 e. The van der Waals surface area contributed by atoms with Crippen molar-refractivity contribution in [2.24, 2.45) is 0 Å². The Labute approximate surface area is 184 Å². The van der Waals surface area contributed by atoms with Crippen molar-refractivity contribution in [3.05, 3.63) is 85.2 Å². The van der Waals surface area contributed by atoms with Gasteiger partial charge in [-0.25, -0.2) is 4.98 Å². The van der Waals surface area contributed by atoms with Crippen molar-refractivity contribution in [1.82, 2.24) is 20.5 Å². The van der Waals surface area contributed by atoms with E-state index in [0.717, 1.165) is 6.08 Å². The lowest BCUT2D eigenvalue weighted by atomic mass is 10.2. The van der Waals surface area contributed by atoms with E-state index in [2.05, 4.69) is 44.3 Å². The average molecular weight is 430 g/mol. The summed E-state index contributed by atoms with van der Waals surface area (Å²) in [5, 5.41) is 14.8. The molecule has 9 nitrogen and oxygen atoms in total. The van der Waals surface area contributed by atoms with Crippen molar-refractivity contribution in [2.45, 2.75) is 6.42 Å². The average Bonchev–Trinajstić information content (AvgIpc) is 3.35. The number of pyridine rings is 1. The Morgan fingerprint density at radius 2 is 1.72 bits per heavy atom. The van der Waals surface area contributed by atoms with Crippen LogP contribution >= 0.6 is 0 Å².